The van der Waals surface area contributed by atoms with Crippen molar-refractivity contribution >= 4 is 11.6 Å². The van der Waals surface area contributed by atoms with Gasteiger partial charge in [-0.25, -0.2) is 0 Å². The number of carbonyl (C=O) groups is 1. The van der Waals surface area contributed by atoms with E-state index in [1.165, 1.54) is 0 Å². The van der Waals surface area contributed by atoms with Crippen molar-refractivity contribution in [2.75, 3.05) is 18.4 Å². The van der Waals surface area contributed by atoms with Crippen LogP contribution in [0.25, 0.3) is 0 Å². The molecular formula is C17H19N3O2. The highest BCUT2D eigenvalue weighted by atomic mass is 16.3. The molecule has 5 heteroatoms. The summed E-state index contributed by atoms with van der Waals surface area (Å²) in [5.74, 6) is 1.01. The Morgan fingerprint density at radius 1 is 1.09 bits per heavy atom. The van der Waals surface area contributed by atoms with E-state index >= 15 is 0 Å². The van der Waals surface area contributed by atoms with Crippen molar-refractivity contribution in [3.8, 4) is 0 Å². The third-order valence-corrected chi connectivity index (χ3v) is 4.57. The summed E-state index contributed by atoms with van der Waals surface area (Å²) in [7, 11) is 0. The number of nitrogens with one attached hydrogen (secondary N) is 2. The normalized spacial score (nSPS) is 20.3. The molecule has 0 unspecified atom stereocenters. The van der Waals surface area contributed by atoms with E-state index in [9.17, 15) is 4.79 Å². The molecule has 4 rings (SSSR count). The van der Waals surface area contributed by atoms with Gasteiger partial charge in [0.1, 0.15) is 11.4 Å². The van der Waals surface area contributed by atoms with Crippen LogP contribution in [0, 0.1) is 0 Å². The molecule has 0 aliphatic carbocycles. The van der Waals surface area contributed by atoms with Gasteiger partial charge in [0.05, 0.1) is 18.4 Å². The van der Waals surface area contributed by atoms with Crippen molar-refractivity contribution in [1.82, 2.24) is 10.2 Å². The van der Waals surface area contributed by atoms with Gasteiger partial charge in [0.25, 0.3) is 5.91 Å². The van der Waals surface area contributed by atoms with E-state index in [1.807, 2.05) is 36.4 Å². The largest absolute Gasteiger partial charge is 0.468 e. The van der Waals surface area contributed by atoms with Crippen LogP contribution in [0.5, 0.6) is 0 Å². The zero-order chi connectivity index (χ0) is 15.0. The summed E-state index contributed by atoms with van der Waals surface area (Å²) in [5.41, 5.74) is 1.35. The van der Waals surface area contributed by atoms with Crippen molar-refractivity contribution in [1.29, 1.82) is 0 Å². The number of anilines is 1. The molecule has 2 aliphatic rings. The van der Waals surface area contributed by atoms with Crippen LogP contribution < -0.4 is 10.6 Å². The van der Waals surface area contributed by atoms with Crippen LogP contribution in [0.15, 0.2) is 47.1 Å². The number of likely N-dealkylation sites (tertiary alicyclic amines) is 1. The lowest BCUT2D eigenvalue weighted by Crippen LogP contribution is -2.62. The highest BCUT2D eigenvalue weighted by Crippen LogP contribution is 2.31. The molecule has 114 valence electrons. The van der Waals surface area contributed by atoms with Gasteiger partial charge in [-0.1, -0.05) is 12.1 Å². The summed E-state index contributed by atoms with van der Waals surface area (Å²) < 4.78 is 5.41. The molecule has 0 bridgehead atoms. The molecule has 3 heterocycles. The van der Waals surface area contributed by atoms with Crippen molar-refractivity contribution in [3.63, 3.8) is 0 Å². The van der Waals surface area contributed by atoms with Crippen LogP contribution in [-0.4, -0.2) is 29.6 Å². The second-order valence-corrected chi connectivity index (χ2v) is 6.06. The van der Waals surface area contributed by atoms with Crippen LogP contribution in [0.3, 0.4) is 0 Å². The summed E-state index contributed by atoms with van der Waals surface area (Å²) in [5, 5.41) is 6.71. The summed E-state index contributed by atoms with van der Waals surface area (Å²) in [6, 6.07) is 11.6. The Morgan fingerprint density at radius 3 is 2.68 bits per heavy atom. The number of hydrogen-bond acceptors (Lipinski definition) is 4. The molecule has 0 radical (unpaired) electrons. The minimum atomic E-state index is -0.314. The second kappa shape index (κ2) is 5.18. The molecule has 2 N–H and O–H groups in total. The predicted octanol–water partition coefficient (Wildman–Crippen LogP) is 2.43. The summed E-state index contributed by atoms with van der Waals surface area (Å²) in [6.07, 6.45) is 3.47. The van der Waals surface area contributed by atoms with Crippen LogP contribution in [0.2, 0.25) is 0 Å². The predicted molar refractivity (Wildman–Crippen MR) is 83.5 cm³/mol. The van der Waals surface area contributed by atoms with E-state index < -0.39 is 0 Å². The Kier molecular flexibility index (Phi) is 3.15. The topological polar surface area (TPSA) is 57.5 Å². The molecule has 1 aromatic carbocycles. The van der Waals surface area contributed by atoms with E-state index in [2.05, 4.69) is 15.5 Å². The first-order valence-electron chi connectivity index (χ1n) is 7.69. The molecule has 0 saturated carbocycles. The molecule has 1 spiro atoms. The number of benzene rings is 1. The zero-order valence-corrected chi connectivity index (χ0v) is 12.3. The third-order valence-electron chi connectivity index (χ3n) is 4.57. The van der Waals surface area contributed by atoms with Gasteiger partial charge in [0.15, 0.2) is 0 Å². The molecule has 2 aliphatic heterocycles. The van der Waals surface area contributed by atoms with E-state index in [0.717, 1.165) is 49.5 Å². The van der Waals surface area contributed by atoms with E-state index in [1.54, 1.807) is 6.26 Å². The van der Waals surface area contributed by atoms with Crippen molar-refractivity contribution < 1.29 is 9.21 Å². The first-order chi connectivity index (χ1) is 10.7. The van der Waals surface area contributed by atoms with Crippen molar-refractivity contribution in [3.05, 3.63) is 54.0 Å². The standard InChI is InChI=1S/C17H19N3O2/c21-16-14-5-1-2-6-15(14)18-17(19-16)7-9-20(10-8-17)12-13-4-3-11-22-13/h1-6,11,18H,7-10,12H2,(H,19,21). The van der Waals surface area contributed by atoms with Crippen LogP contribution in [0.4, 0.5) is 5.69 Å². The molecule has 2 aromatic rings. The van der Waals surface area contributed by atoms with E-state index in [-0.39, 0.29) is 11.6 Å². The van der Waals surface area contributed by atoms with E-state index in [4.69, 9.17) is 4.42 Å². The monoisotopic (exact) mass is 297 g/mol. The Morgan fingerprint density at radius 2 is 1.91 bits per heavy atom. The number of carbonyl (C=O) groups excluding carboxylic acids is 1. The Balaban J connectivity index is 1.46. The maximum absolute atomic E-state index is 12.3. The molecule has 0 atom stereocenters. The molecule has 1 aromatic heterocycles. The number of rotatable bonds is 2. The highest BCUT2D eigenvalue weighted by molar-refractivity contribution is 6.02. The fourth-order valence-corrected chi connectivity index (χ4v) is 3.33. The first kappa shape index (κ1) is 13.4. The van der Waals surface area contributed by atoms with Gasteiger partial charge in [-0.05, 0) is 24.3 Å². The number of fused-ring (bicyclic) bond motifs is 1. The molecule has 1 saturated heterocycles. The molecule has 1 amide bonds. The molecule has 1 fully saturated rings. The quantitative estimate of drug-likeness (QED) is 0.894. The van der Waals surface area contributed by atoms with Crippen molar-refractivity contribution in [2.24, 2.45) is 0 Å². The summed E-state index contributed by atoms with van der Waals surface area (Å²) in [4.78, 5) is 14.7. The lowest BCUT2D eigenvalue weighted by atomic mass is 9.92. The van der Waals surface area contributed by atoms with Gasteiger partial charge in [-0.15, -0.1) is 0 Å². The average Bonchev–Trinajstić information content (AvgIpc) is 3.03. The highest BCUT2D eigenvalue weighted by Gasteiger charge is 2.39. The van der Waals surface area contributed by atoms with Gasteiger partial charge in [0, 0.05) is 31.6 Å². The van der Waals surface area contributed by atoms with Gasteiger partial charge in [-0.3, -0.25) is 9.69 Å². The average molecular weight is 297 g/mol. The Labute approximate surface area is 129 Å². The van der Waals surface area contributed by atoms with E-state index in [0.29, 0.717) is 0 Å². The van der Waals surface area contributed by atoms with Crippen LogP contribution >= 0.6 is 0 Å². The number of hydrogen-bond donors (Lipinski definition) is 2. The van der Waals surface area contributed by atoms with Gasteiger partial charge < -0.3 is 15.1 Å². The molecular weight excluding hydrogens is 278 g/mol. The Bertz CT molecular complexity index is 673. The maximum atomic E-state index is 12.3. The smallest absolute Gasteiger partial charge is 0.255 e. The minimum Gasteiger partial charge on any atom is -0.468 e. The SMILES string of the molecule is O=C1NC2(CCN(Cc3ccco3)CC2)Nc2ccccc21. The van der Waals surface area contributed by atoms with Gasteiger partial charge in [0.2, 0.25) is 0 Å². The number of furan rings is 1. The molecule has 22 heavy (non-hydrogen) atoms. The number of para-hydroxylation sites is 1. The molecule has 5 nitrogen and oxygen atoms in total. The lowest BCUT2D eigenvalue weighted by molar-refractivity contribution is 0.0815. The van der Waals surface area contributed by atoms with Gasteiger partial charge >= 0.3 is 0 Å². The number of piperidine rings is 1. The van der Waals surface area contributed by atoms with Crippen LogP contribution in [-0.2, 0) is 6.54 Å². The van der Waals surface area contributed by atoms with Crippen molar-refractivity contribution in [2.45, 2.75) is 25.0 Å². The fourth-order valence-electron chi connectivity index (χ4n) is 3.33. The minimum absolute atomic E-state index is 0.0221. The lowest BCUT2D eigenvalue weighted by Gasteiger charge is -2.45. The summed E-state index contributed by atoms with van der Waals surface area (Å²) >= 11 is 0. The number of nitrogens with zero attached hydrogens (tertiary/aromatic N) is 1. The maximum Gasteiger partial charge on any atom is 0.255 e. The third kappa shape index (κ3) is 2.37. The first-order valence-corrected chi connectivity index (χ1v) is 7.69. The number of amides is 1. The van der Waals surface area contributed by atoms with Gasteiger partial charge in [-0.2, -0.15) is 0 Å². The zero-order valence-electron chi connectivity index (χ0n) is 12.3. The summed E-state index contributed by atoms with van der Waals surface area (Å²) in [6.45, 7) is 2.68. The Hall–Kier alpha value is -2.27. The van der Waals surface area contributed by atoms with Crippen LogP contribution in [0.1, 0.15) is 29.0 Å². The fraction of sp³-hybridized carbons (Fsp3) is 0.353. The second-order valence-electron chi connectivity index (χ2n) is 6.06.